The Bertz CT molecular complexity index is 278. The lowest BCUT2D eigenvalue weighted by Gasteiger charge is -2.31. The van der Waals surface area contributed by atoms with E-state index in [4.69, 9.17) is 10.5 Å². The summed E-state index contributed by atoms with van der Waals surface area (Å²) in [5.74, 6) is 1.32. The predicted molar refractivity (Wildman–Crippen MR) is 78.7 cm³/mol. The minimum atomic E-state index is -0.0311. The number of esters is 1. The highest BCUT2D eigenvalue weighted by Gasteiger charge is 2.27. The summed E-state index contributed by atoms with van der Waals surface area (Å²) >= 11 is 0. The van der Waals surface area contributed by atoms with Gasteiger partial charge in [-0.25, -0.2) is 0 Å². The highest BCUT2D eigenvalue weighted by Crippen LogP contribution is 2.31. The summed E-state index contributed by atoms with van der Waals surface area (Å²) in [7, 11) is 0. The Labute approximate surface area is 118 Å². The molecule has 2 atom stereocenters. The van der Waals surface area contributed by atoms with Crippen LogP contribution in [-0.2, 0) is 9.53 Å². The molecular weight excluding hydrogens is 238 g/mol. The van der Waals surface area contributed by atoms with Crippen molar-refractivity contribution in [2.45, 2.75) is 72.3 Å². The molecule has 0 aliphatic heterocycles. The van der Waals surface area contributed by atoms with Crippen molar-refractivity contribution in [2.24, 2.45) is 23.0 Å². The van der Waals surface area contributed by atoms with Crippen LogP contribution < -0.4 is 5.73 Å². The quantitative estimate of drug-likeness (QED) is 0.751. The Morgan fingerprint density at radius 2 is 1.74 bits per heavy atom. The minimum Gasteiger partial charge on any atom is -0.462 e. The topological polar surface area (TPSA) is 52.3 Å². The fraction of sp³-hybridized carbons (Fsp3) is 0.938. The van der Waals surface area contributed by atoms with Crippen LogP contribution in [0.4, 0.5) is 0 Å². The first-order valence-corrected chi connectivity index (χ1v) is 7.72. The van der Waals surface area contributed by atoms with E-state index in [2.05, 4.69) is 27.7 Å². The third kappa shape index (κ3) is 6.42. The maximum absolute atomic E-state index is 11.9. The van der Waals surface area contributed by atoms with Crippen molar-refractivity contribution in [3.63, 3.8) is 0 Å². The van der Waals surface area contributed by atoms with Gasteiger partial charge in [-0.3, -0.25) is 4.79 Å². The fourth-order valence-corrected chi connectivity index (χ4v) is 3.17. The fourth-order valence-electron chi connectivity index (χ4n) is 3.17. The average Bonchev–Trinajstić information content (AvgIpc) is 2.25. The molecule has 112 valence electrons. The molecule has 19 heavy (non-hydrogen) atoms. The molecule has 1 fully saturated rings. The van der Waals surface area contributed by atoms with Crippen LogP contribution >= 0.6 is 0 Å². The zero-order valence-corrected chi connectivity index (χ0v) is 13.1. The van der Waals surface area contributed by atoms with Crippen LogP contribution in [0.15, 0.2) is 0 Å². The molecule has 2 unspecified atom stereocenters. The molecule has 3 nitrogen and oxygen atoms in total. The molecule has 1 saturated carbocycles. The van der Waals surface area contributed by atoms with E-state index >= 15 is 0 Å². The summed E-state index contributed by atoms with van der Waals surface area (Å²) in [6.45, 7) is 9.51. The second kappa shape index (κ2) is 7.28. The third-order valence-corrected chi connectivity index (χ3v) is 4.26. The number of hydrogen-bond acceptors (Lipinski definition) is 3. The van der Waals surface area contributed by atoms with E-state index in [1.165, 1.54) is 6.42 Å². The van der Waals surface area contributed by atoms with Crippen molar-refractivity contribution in [2.75, 3.05) is 6.54 Å². The first kappa shape index (κ1) is 16.5. The number of carbonyl (C=O) groups excluding carboxylic acids is 1. The molecule has 0 saturated heterocycles. The molecule has 0 radical (unpaired) electrons. The van der Waals surface area contributed by atoms with Crippen LogP contribution in [0.5, 0.6) is 0 Å². The Morgan fingerprint density at radius 1 is 1.16 bits per heavy atom. The molecule has 0 heterocycles. The lowest BCUT2D eigenvalue weighted by molar-refractivity contribution is -0.152. The summed E-state index contributed by atoms with van der Waals surface area (Å²) in [5.41, 5.74) is 5.72. The van der Waals surface area contributed by atoms with Gasteiger partial charge in [-0.2, -0.15) is 0 Å². The first-order valence-electron chi connectivity index (χ1n) is 7.72. The zero-order valence-electron chi connectivity index (χ0n) is 13.1. The van der Waals surface area contributed by atoms with Crippen LogP contribution in [-0.4, -0.2) is 18.6 Å². The molecule has 0 bridgehead atoms. The number of hydrogen-bond donors (Lipinski definition) is 1. The van der Waals surface area contributed by atoms with Crippen LogP contribution in [0.2, 0.25) is 0 Å². The zero-order chi connectivity index (χ0) is 14.5. The van der Waals surface area contributed by atoms with Crippen molar-refractivity contribution in [1.82, 2.24) is 0 Å². The summed E-state index contributed by atoms with van der Waals surface area (Å²) in [5, 5.41) is 0. The van der Waals surface area contributed by atoms with E-state index in [9.17, 15) is 4.79 Å². The summed E-state index contributed by atoms with van der Waals surface area (Å²) in [6, 6.07) is 0. The molecule has 3 heteroatoms. The lowest BCUT2D eigenvalue weighted by atomic mass is 9.81. The van der Waals surface area contributed by atoms with E-state index < -0.39 is 0 Å². The molecule has 2 N–H and O–H groups in total. The highest BCUT2D eigenvalue weighted by molar-refractivity contribution is 5.69. The number of nitrogens with two attached hydrogens (primary N) is 1. The second-order valence-electron chi connectivity index (χ2n) is 7.23. The summed E-state index contributed by atoms with van der Waals surface area (Å²) in [4.78, 5) is 11.9. The van der Waals surface area contributed by atoms with Gasteiger partial charge in [0.05, 0.1) is 0 Å². The van der Waals surface area contributed by atoms with Crippen LogP contribution in [0.25, 0.3) is 0 Å². The Morgan fingerprint density at radius 3 is 2.26 bits per heavy atom. The highest BCUT2D eigenvalue weighted by atomic mass is 16.5. The summed E-state index contributed by atoms with van der Waals surface area (Å²) < 4.78 is 5.64. The molecular formula is C16H31NO2. The van der Waals surface area contributed by atoms with Gasteiger partial charge in [0, 0.05) is 6.42 Å². The molecule has 0 spiro atoms. The monoisotopic (exact) mass is 269 g/mol. The van der Waals surface area contributed by atoms with Gasteiger partial charge >= 0.3 is 5.97 Å². The molecule has 0 aromatic heterocycles. The Balaban J connectivity index is 2.31. The van der Waals surface area contributed by atoms with Crippen molar-refractivity contribution >= 4 is 5.97 Å². The maximum atomic E-state index is 11.9. The van der Waals surface area contributed by atoms with Gasteiger partial charge in [-0.1, -0.05) is 27.7 Å². The molecule has 0 aromatic carbocycles. The van der Waals surface area contributed by atoms with Crippen molar-refractivity contribution < 1.29 is 9.53 Å². The van der Waals surface area contributed by atoms with Crippen molar-refractivity contribution in [1.29, 1.82) is 0 Å². The van der Waals surface area contributed by atoms with Gasteiger partial charge in [0.1, 0.15) is 6.10 Å². The largest absolute Gasteiger partial charge is 0.462 e. The number of rotatable bonds is 6. The van der Waals surface area contributed by atoms with Crippen molar-refractivity contribution in [3.05, 3.63) is 0 Å². The lowest BCUT2D eigenvalue weighted by Crippen LogP contribution is -2.29. The Kier molecular flexibility index (Phi) is 6.31. The van der Waals surface area contributed by atoms with Crippen molar-refractivity contribution in [3.8, 4) is 0 Å². The second-order valence-corrected chi connectivity index (χ2v) is 7.23. The van der Waals surface area contributed by atoms with Crippen LogP contribution in [0.1, 0.15) is 66.2 Å². The van der Waals surface area contributed by atoms with E-state index in [1.54, 1.807) is 0 Å². The van der Waals surface area contributed by atoms with Gasteiger partial charge in [0.15, 0.2) is 0 Å². The molecule has 1 aliphatic rings. The van der Waals surface area contributed by atoms with Gasteiger partial charge in [-0.15, -0.1) is 0 Å². The normalized spacial score (nSPS) is 28.2. The first-order chi connectivity index (χ1) is 8.82. The van der Waals surface area contributed by atoms with E-state index in [0.29, 0.717) is 24.8 Å². The summed E-state index contributed by atoms with van der Waals surface area (Å²) in [6.07, 6.45) is 5.80. The third-order valence-electron chi connectivity index (χ3n) is 4.26. The smallest absolute Gasteiger partial charge is 0.306 e. The van der Waals surface area contributed by atoms with Gasteiger partial charge in [-0.05, 0) is 55.9 Å². The number of ether oxygens (including phenoxy) is 1. The SMILES string of the molecule is CC1CC(C)CC(OC(=O)CCC(C)(C)CCN)C1. The minimum absolute atomic E-state index is 0.0311. The maximum Gasteiger partial charge on any atom is 0.306 e. The van der Waals surface area contributed by atoms with Crippen LogP contribution in [0.3, 0.4) is 0 Å². The molecule has 0 amide bonds. The standard InChI is InChI=1S/C16H31NO2/c1-12-9-13(2)11-14(10-12)19-15(18)5-6-16(3,4)7-8-17/h12-14H,5-11,17H2,1-4H3. The average molecular weight is 269 g/mol. The van der Waals surface area contributed by atoms with Gasteiger partial charge < -0.3 is 10.5 Å². The molecule has 1 rings (SSSR count). The van der Waals surface area contributed by atoms with E-state index in [1.807, 2.05) is 0 Å². The van der Waals surface area contributed by atoms with Crippen LogP contribution in [0, 0.1) is 17.3 Å². The molecule has 1 aliphatic carbocycles. The van der Waals surface area contributed by atoms with E-state index in [-0.39, 0.29) is 17.5 Å². The van der Waals surface area contributed by atoms with Gasteiger partial charge in [0.25, 0.3) is 0 Å². The van der Waals surface area contributed by atoms with E-state index in [0.717, 1.165) is 25.7 Å². The number of carbonyl (C=O) groups is 1. The predicted octanol–water partition coefficient (Wildman–Crippen LogP) is 3.51. The van der Waals surface area contributed by atoms with Gasteiger partial charge in [0.2, 0.25) is 0 Å². The molecule has 0 aromatic rings. The Hall–Kier alpha value is -0.570.